The molecule has 2 aromatic heterocycles. The minimum absolute atomic E-state index is 0.155. The number of carbonyl (C=O) groups is 2. The first kappa shape index (κ1) is 20.0. The predicted octanol–water partition coefficient (Wildman–Crippen LogP) is 0.925. The van der Waals surface area contributed by atoms with E-state index in [2.05, 4.69) is 21.8 Å². The molecule has 0 saturated heterocycles. The van der Waals surface area contributed by atoms with Crippen molar-refractivity contribution in [3.05, 3.63) is 47.9 Å². The molecule has 0 radical (unpaired) electrons. The Morgan fingerprint density at radius 3 is 2.93 bits per heavy atom. The minimum atomic E-state index is -0.847. The lowest BCUT2D eigenvalue weighted by Gasteiger charge is -2.10. The van der Waals surface area contributed by atoms with E-state index in [0.29, 0.717) is 36.1 Å². The van der Waals surface area contributed by atoms with Gasteiger partial charge in [-0.05, 0) is 18.2 Å². The van der Waals surface area contributed by atoms with E-state index in [-0.39, 0.29) is 5.69 Å². The molecule has 8 nitrogen and oxygen atoms in total. The van der Waals surface area contributed by atoms with E-state index in [1.165, 1.54) is 4.90 Å². The predicted molar refractivity (Wildman–Crippen MR) is 109 cm³/mol. The van der Waals surface area contributed by atoms with Gasteiger partial charge in [0.05, 0.1) is 17.5 Å². The number of nitrogens with two attached hydrogens (primary N) is 1. The van der Waals surface area contributed by atoms with Crippen molar-refractivity contribution in [2.24, 2.45) is 12.8 Å². The van der Waals surface area contributed by atoms with Crippen LogP contribution < -0.4 is 5.73 Å². The highest BCUT2D eigenvalue weighted by Crippen LogP contribution is 2.27. The summed E-state index contributed by atoms with van der Waals surface area (Å²) in [5.74, 6) is 5.09. The van der Waals surface area contributed by atoms with Crippen molar-refractivity contribution in [1.29, 1.82) is 0 Å². The van der Waals surface area contributed by atoms with Crippen LogP contribution in [0.4, 0.5) is 0 Å². The molecule has 29 heavy (non-hydrogen) atoms. The van der Waals surface area contributed by atoms with Crippen LogP contribution in [0.5, 0.6) is 0 Å². The van der Waals surface area contributed by atoms with Gasteiger partial charge < -0.3 is 20.3 Å². The van der Waals surface area contributed by atoms with Gasteiger partial charge >= 0.3 is 0 Å². The van der Waals surface area contributed by atoms with Gasteiger partial charge in [-0.25, -0.2) is 9.97 Å². The Hall–Kier alpha value is -3.70. The Morgan fingerprint density at radius 1 is 1.41 bits per heavy atom. The van der Waals surface area contributed by atoms with Crippen LogP contribution in [-0.4, -0.2) is 56.6 Å². The maximum atomic E-state index is 11.7. The van der Waals surface area contributed by atoms with E-state index >= 15 is 0 Å². The number of carbonyl (C=O) groups excluding carboxylic acids is 2. The van der Waals surface area contributed by atoms with E-state index in [1.807, 2.05) is 31.3 Å². The number of imidazole rings is 1. The second-order valence-corrected chi connectivity index (χ2v) is 6.68. The zero-order chi connectivity index (χ0) is 21.0. The fourth-order valence-electron chi connectivity index (χ4n) is 2.82. The molecule has 1 unspecified atom stereocenters. The van der Waals surface area contributed by atoms with Gasteiger partial charge in [-0.1, -0.05) is 24.0 Å². The van der Waals surface area contributed by atoms with Crippen LogP contribution in [0.25, 0.3) is 22.3 Å². The van der Waals surface area contributed by atoms with Crippen molar-refractivity contribution in [3.8, 4) is 23.1 Å². The zero-order valence-electron chi connectivity index (χ0n) is 16.2. The second-order valence-electron chi connectivity index (χ2n) is 6.68. The van der Waals surface area contributed by atoms with Crippen LogP contribution in [0.15, 0.2) is 36.7 Å². The zero-order valence-corrected chi connectivity index (χ0v) is 16.2. The average molecular weight is 391 g/mol. The summed E-state index contributed by atoms with van der Waals surface area (Å²) in [5.41, 5.74) is 8.94. The quantitative estimate of drug-likeness (QED) is 0.479. The molecule has 0 aliphatic heterocycles. The van der Waals surface area contributed by atoms with Crippen LogP contribution in [-0.2, 0) is 11.8 Å². The Bertz CT molecular complexity index is 1130. The summed E-state index contributed by atoms with van der Waals surface area (Å²) in [5, 5.41) is 9.99. The third kappa shape index (κ3) is 4.59. The number of hydrogen-bond acceptors (Lipinski definition) is 5. The van der Waals surface area contributed by atoms with Gasteiger partial charge in [-0.3, -0.25) is 9.59 Å². The second kappa shape index (κ2) is 8.54. The van der Waals surface area contributed by atoms with Crippen molar-refractivity contribution >= 4 is 23.4 Å². The van der Waals surface area contributed by atoms with Crippen molar-refractivity contribution < 1.29 is 14.7 Å². The van der Waals surface area contributed by atoms with Crippen molar-refractivity contribution in [2.75, 3.05) is 13.6 Å². The first-order valence-electron chi connectivity index (χ1n) is 8.96. The van der Waals surface area contributed by atoms with Gasteiger partial charge in [-0.2, -0.15) is 0 Å². The number of primary amides is 1. The van der Waals surface area contributed by atoms with E-state index in [0.717, 1.165) is 11.1 Å². The van der Waals surface area contributed by atoms with E-state index in [4.69, 9.17) is 5.73 Å². The van der Waals surface area contributed by atoms with E-state index in [1.54, 1.807) is 24.0 Å². The summed E-state index contributed by atoms with van der Waals surface area (Å²) >= 11 is 0. The average Bonchev–Trinajstić information content (AvgIpc) is 3.10. The van der Waals surface area contributed by atoms with Gasteiger partial charge in [0.2, 0.25) is 6.41 Å². The lowest BCUT2D eigenvalue weighted by atomic mass is 10.1. The largest absolute Gasteiger partial charge is 0.380 e. The molecule has 8 heteroatoms. The third-order valence-electron chi connectivity index (χ3n) is 4.42. The fraction of sp³-hybridized carbons (Fsp3) is 0.238. The smallest absolute Gasteiger partial charge is 0.267 e. The van der Waals surface area contributed by atoms with Crippen LogP contribution >= 0.6 is 0 Å². The van der Waals surface area contributed by atoms with Gasteiger partial charge in [0, 0.05) is 38.2 Å². The summed E-state index contributed by atoms with van der Waals surface area (Å²) < 4.78 is 1.79. The first-order chi connectivity index (χ1) is 13.9. The maximum Gasteiger partial charge on any atom is 0.267 e. The van der Waals surface area contributed by atoms with E-state index < -0.39 is 12.0 Å². The summed E-state index contributed by atoms with van der Waals surface area (Å²) in [4.78, 5) is 32.5. The van der Waals surface area contributed by atoms with Crippen molar-refractivity contribution in [3.63, 3.8) is 0 Å². The molecule has 1 atom stereocenters. The van der Waals surface area contributed by atoms with Gasteiger partial charge in [0.15, 0.2) is 0 Å². The summed E-state index contributed by atoms with van der Waals surface area (Å²) in [6.45, 7) is 0.418. The lowest BCUT2D eigenvalue weighted by Crippen LogP contribution is -2.21. The number of aromatic nitrogens is 3. The molecule has 0 aliphatic rings. The molecule has 0 saturated carbocycles. The Labute approximate surface area is 168 Å². The summed E-state index contributed by atoms with van der Waals surface area (Å²) in [6, 6.07) is 8.92. The Kier molecular flexibility index (Phi) is 5.90. The van der Waals surface area contributed by atoms with Crippen LogP contribution in [0.3, 0.4) is 0 Å². The number of hydrogen-bond donors (Lipinski definition) is 2. The molecule has 0 aliphatic carbocycles. The van der Waals surface area contributed by atoms with Crippen molar-refractivity contribution in [2.45, 2.75) is 12.5 Å². The monoisotopic (exact) mass is 391 g/mol. The third-order valence-corrected chi connectivity index (χ3v) is 4.42. The number of nitrogens with zero attached hydrogens (tertiary/aromatic N) is 4. The minimum Gasteiger partial charge on any atom is -0.380 e. The Balaban J connectivity index is 1.94. The molecule has 2 amide bonds. The molecule has 1 aromatic carbocycles. The molecule has 3 aromatic rings. The van der Waals surface area contributed by atoms with Crippen LogP contribution in [0.2, 0.25) is 0 Å². The maximum absolute atomic E-state index is 11.7. The number of amides is 2. The van der Waals surface area contributed by atoms with Crippen molar-refractivity contribution in [1.82, 2.24) is 19.4 Å². The SMILES string of the molecule is CN(C=O)CCC(O)C#Cc1cccc(-c2nc(C(N)=O)cc3c2ncn3C)c1. The molecule has 0 spiro atoms. The highest BCUT2D eigenvalue weighted by Gasteiger charge is 2.15. The van der Waals surface area contributed by atoms with Crippen LogP contribution in [0, 0.1) is 11.8 Å². The normalized spacial score (nSPS) is 11.6. The number of benzene rings is 1. The lowest BCUT2D eigenvalue weighted by molar-refractivity contribution is -0.117. The molecular weight excluding hydrogens is 370 g/mol. The Morgan fingerprint density at radius 2 is 2.21 bits per heavy atom. The first-order valence-corrected chi connectivity index (χ1v) is 8.96. The van der Waals surface area contributed by atoms with Gasteiger partial charge in [-0.15, -0.1) is 0 Å². The molecule has 0 bridgehead atoms. The highest BCUT2D eigenvalue weighted by molar-refractivity contribution is 5.98. The van der Waals surface area contributed by atoms with Gasteiger partial charge in [0.1, 0.15) is 17.3 Å². The number of pyridine rings is 1. The molecule has 3 rings (SSSR count). The van der Waals surface area contributed by atoms with E-state index in [9.17, 15) is 14.7 Å². The summed E-state index contributed by atoms with van der Waals surface area (Å²) in [7, 11) is 3.47. The summed E-state index contributed by atoms with van der Waals surface area (Å²) in [6.07, 6.45) is 1.87. The number of aryl methyl sites for hydroxylation is 1. The number of aliphatic hydroxyl groups is 1. The number of aliphatic hydroxyl groups excluding tert-OH is 1. The molecule has 0 fully saturated rings. The fourth-order valence-corrected chi connectivity index (χ4v) is 2.82. The topological polar surface area (TPSA) is 114 Å². The molecule has 3 N–H and O–H groups in total. The highest BCUT2D eigenvalue weighted by atomic mass is 16.3. The molecule has 2 heterocycles. The number of rotatable bonds is 6. The van der Waals surface area contributed by atoms with Gasteiger partial charge in [0.25, 0.3) is 5.91 Å². The standard InChI is InChI=1S/C21H21N5O3/c1-25(13-27)9-8-16(28)7-6-14-4-3-5-15(10-14)19-20-18(26(2)12-23-20)11-17(24-19)21(22)29/h3-5,10-13,16,28H,8-9H2,1-2H3,(H2,22,29). The van der Waals surface area contributed by atoms with Crippen LogP contribution in [0.1, 0.15) is 22.5 Å². The molecular formula is C21H21N5O3. The number of fused-ring (bicyclic) bond motifs is 1. The molecule has 148 valence electrons.